The van der Waals surface area contributed by atoms with Crippen LogP contribution in [0.4, 0.5) is 4.79 Å². The summed E-state index contributed by atoms with van der Waals surface area (Å²) in [5.41, 5.74) is 1.67. The summed E-state index contributed by atoms with van der Waals surface area (Å²) in [4.78, 5) is 12.3. The molecule has 0 aliphatic heterocycles. The molecule has 0 spiro atoms. The van der Waals surface area contributed by atoms with Crippen LogP contribution in [0.15, 0.2) is 66.7 Å². The first-order valence-electron chi connectivity index (χ1n) is 8.63. The van der Waals surface area contributed by atoms with E-state index in [1.807, 2.05) is 69.3 Å². The largest absolute Gasteiger partial charge is 0.444 e. The normalized spacial score (nSPS) is 14.1. The van der Waals surface area contributed by atoms with Gasteiger partial charge in [-0.3, -0.25) is 0 Å². The molecule has 0 unspecified atom stereocenters. The van der Waals surface area contributed by atoms with Gasteiger partial charge in [0, 0.05) is 0 Å². The van der Waals surface area contributed by atoms with Crippen LogP contribution in [0.2, 0.25) is 0 Å². The second-order valence-corrected chi connectivity index (χ2v) is 7.16. The van der Waals surface area contributed by atoms with Gasteiger partial charge in [-0.05, 0) is 37.8 Å². The first-order valence-corrected chi connectivity index (χ1v) is 8.63. The Balaban J connectivity index is 2.16. The summed E-state index contributed by atoms with van der Waals surface area (Å²) in [7, 11) is 0. The standard InChI is InChI=1S/C22H27NO2/c1-17(15-16-18-11-7-5-8-12-18)20(19-13-9-6-10-14-19)23-21(24)25-22(2,3)4/h5-17,20H,1-4H3,(H,23,24)/b16-15+/t17-,20-/m0/s1. The molecule has 1 N–H and O–H groups in total. The molecule has 0 aromatic heterocycles. The van der Waals surface area contributed by atoms with Crippen LogP contribution in [0.3, 0.4) is 0 Å². The van der Waals surface area contributed by atoms with E-state index in [9.17, 15) is 4.79 Å². The van der Waals surface area contributed by atoms with E-state index in [1.165, 1.54) is 0 Å². The number of hydrogen-bond acceptors (Lipinski definition) is 2. The number of rotatable bonds is 5. The molecule has 0 saturated heterocycles. The number of benzene rings is 2. The molecule has 3 nitrogen and oxygen atoms in total. The molecule has 2 aromatic rings. The average molecular weight is 337 g/mol. The summed E-state index contributed by atoms with van der Waals surface area (Å²) in [5.74, 6) is 0.107. The van der Waals surface area contributed by atoms with Crippen molar-refractivity contribution in [1.82, 2.24) is 5.32 Å². The molecule has 0 heterocycles. The Bertz CT molecular complexity index is 687. The SMILES string of the molecule is C[C@@H](/C=C/c1ccccc1)[C@H](NC(=O)OC(C)(C)C)c1ccccc1. The van der Waals surface area contributed by atoms with Gasteiger partial charge in [-0.15, -0.1) is 0 Å². The van der Waals surface area contributed by atoms with E-state index in [1.54, 1.807) is 0 Å². The zero-order valence-corrected chi connectivity index (χ0v) is 15.4. The van der Waals surface area contributed by atoms with Crippen molar-refractivity contribution in [2.75, 3.05) is 0 Å². The van der Waals surface area contributed by atoms with Gasteiger partial charge in [0.2, 0.25) is 0 Å². The lowest BCUT2D eigenvalue weighted by atomic mass is 9.93. The van der Waals surface area contributed by atoms with Crippen LogP contribution in [0.1, 0.15) is 44.9 Å². The molecule has 0 saturated carbocycles. The van der Waals surface area contributed by atoms with Crippen LogP contribution >= 0.6 is 0 Å². The molecule has 1 amide bonds. The van der Waals surface area contributed by atoms with Gasteiger partial charge in [0.25, 0.3) is 0 Å². The van der Waals surface area contributed by atoms with Gasteiger partial charge in [0.1, 0.15) is 5.60 Å². The third kappa shape index (κ3) is 6.46. The molecule has 0 fully saturated rings. The Morgan fingerprint density at radius 2 is 1.56 bits per heavy atom. The van der Waals surface area contributed by atoms with Gasteiger partial charge in [0.15, 0.2) is 0 Å². The van der Waals surface area contributed by atoms with Crippen molar-refractivity contribution < 1.29 is 9.53 Å². The molecule has 0 aliphatic carbocycles. The number of carbonyl (C=O) groups excluding carboxylic acids is 1. The van der Waals surface area contributed by atoms with Gasteiger partial charge in [-0.2, -0.15) is 0 Å². The Morgan fingerprint density at radius 3 is 2.12 bits per heavy atom. The fourth-order valence-electron chi connectivity index (χ4n) is 2.55. The fraction of sp³-hybridized carbons (Fsp3) is 0.318. The number of carbonyl (C=O) groups is 1. The molecule has 0 bridgehead atoms. The number of ether oxygens (including phenoxy) is 1. The smallest absolute Gasteiger partial charge is 0.408 e. The van der Waals surface area contributed by atoms with E-state index in [0.29, 0.717) is 0 Å². The van der Waals surface area contributed by atoms with Crippen molar-refractivity contribution in [3.63, 3.8) is 0 Å². The van der Waals surface area contributed by atoms with E-state index < -0.39 is 11.7 Å². The molecule has 3 heteroatoms. The number of hydrogen-bond donors (Lipinski definition) is 1. The topological polar surface area (TPSA) is 38.3 Å². The van der Waals surface area contributed by atoms with Gasteiger partial charge in [-0.25, -0.2) is 4.79 Å². The highest BCUT2D eigenvalue weighted by atomic mass is 16.6. The van der Waals surface area contributed by atoms with Gasteiger partial charge < -0.3 is 10.1 Å². The van der Waals surface area contributed by atoms with Crippen LogP contribution in [0.5, 0.6) is 0 Å². The van der Waals surface area contributed by atoms with E-state index in [4.69, 9.17) is 4.74 Å². The predicted octanol–water partition coefficient (Wildman–Crippen LogP) is 5.60. The molecular weight excluding hydrogens is 310 g/mol. The fourth-order valence-corrected chi connectivity index (χ4v) is 2.55. The molecule has 2 rings (SSSR count). The van der Waals surface area contributed by atoms with Crippen molar-refractivity contribution in [1.29, 1.82) is 0 Å². The lowest BCUT2D eigenvalue weighted by Crippen LogP contribution is -2.37. The maximum atomic E-state index is 12.3. The van der Waals surface area contributed by atoms with Crippen LogP contribution in [0, 0.1) is 5.92 Å². The molecule has 0 aliphatic rings. The summed E-state index contributed by atoms with van der Waals surface area (Å²) in [5, 5.41) is 3.01. The van der Waals surface area contributed by atoms with Gasteiger partial charge >= 0.3 is 6.09 Å². The third-order valence-electron chi connectivity index (χ3n) is 3.75. The van der Waals surface area contributed by atoms with Crippen molar-refractivity contribution in [2.45, 2.75) is 39.3 Å². The maximum absolute atomic E-state index is 12.3. The number of amides is 1. The summed E-state index contributed by atoms with van der Waals surface area (Å²) < 4.78 is 5.43. The molecule has 2 atom stereocenters. The maximum Gasteiger partial charge on any atom is 0.408 e. The van der Waals surface area contributed by atoms with Crippen LogP contribution < -0.4 is 5.32 Å². The van der Waals surface area contributed by atoms with Crippen LogP contribution in [-0.2, 0) is 4.74 Å². The quantitative estimate of drug-likeness (QED) is 0.771. The second-order valence-electron chi connectivity index (χ2n) is 7.16. The van der Waals surface area contributed by atoms with Gasteiger partial charge in [-0.1, -0.05) is 79.7 Å². The van der Waals surface area contributed by atoms with Crippen LogP contribution in [-0.4, -0.2) is 11.7 Å². The predicted molar refractivity (Wildman–Crippen MR) is 103 cm³/mol. The summed E-state index contributed by atoms with van der Waals surface area (Å²) in [6.07, 6.45) is 3.79. The Kier molecular flexibility index (Phi) is 6.40. The van der Waals surface area contributed by atoms with E-state index in [2.05, 4.69) is 36.5 Å². The molecule has 25 heavy (non-hydrogen) atoms. The minimum Gasteiger partial charge on any atom is -0.444 e. The van der Waals surface area contributed by atoms with Crippen molar-refractivity contribution in [3.05, 3.63) is 77.9 Å². The van der Waals surface area contributed by atoms with E-state index in [-0.39, 0.29) is 12.0 Å². The Hall–Kier alpha value is -2.55. The second kappa shape index (κ2) is 8.52. The zero-order chi connectivity index (χ0) is 18.3. The summed E-state index contributed by atoms with van der Waals surface area (Å²) in [6, 6.07) is 20.0. The Labute approximate surface area is 150 Å². The minimum absolute atomic E-state index is 0.107. The lowest BCUT2D eigenvalue weighted by Gasteiger charge is -2.26. The average Bonchev–Trinajstić information content (AvgIpc) is 2.58. The Morgan fingerprint density at radius 1 is 1.00 bits per heavy atom. The molecule has 2 aromatic carbocycles. The van der Waals surface area contributed by atoms with Crippen molar-refractivity contribution in [2.24, 2.45) is 5.92 Å². The third-order valence-corrected chi connectivity index (χ3v) is 3.75. The highest BCUT2D eigenvalue weighted by Gasteiger charge is 2.23. The zero-order valence-electron chi connectivity index (χ0n) is 15.4. The molecule has 0 radical (unpaired) electrons. The summed E-state index contributed by atoms with van der Waals surface area (Å²) >= 11 is 0. The monoisotopic (exact) mass is 337 g/mol. The van der Waals surface area contributed by atoms with Gasteiger partial charge in [0.05, 0.1) is 6.04 Å². The van der Waals surface area contributed by atoms with Crippen molar-refractivity contribution in [3.8, 4) is 0 Å². The molecule has 132 valence electrons. The number of alkyl carbamates (subject to hydrolysis) is 1. The van der Waals surface area contributed by atoms with Crippen molar-refractivity contribution >= 4 is 12.2 Å². The highest BCUT2D eigenvalue weighted by Crippen LogP contribution is 2.24. The van der Waals surface area contributed by atoms with E-state index in [0.717, 1.165) is 11.1 Å². The van der Waals surface area contributed by atoms with Crippen LogP contribution in [0.25, 0.3) is 6.08 Å². The first-order chi connectivity index (χ1) is 11.8. The highest BCUT2D eigenvalue weighted by molar-refractivity contribution is 5.68. The van der Waals surface area contributed by atoms with E-state index >= 15 is 0 Å². The number of nitrogens with one attached hydrogen (secondary N) is 1. The summed E-state index contributed by atoms with van der Waals surface area (Å²) in [6.45, 7) is 7.68. The lowest BCUT2D eigenvalue weighted by molar-refractivity contribution is 0.0493. The first kappa shape index (κ1) is 18.8. The minimum atomic E-state index is -0.519. The molecular formula is C22H27NO2.